The first kappa shape index (κ1) is 11.7. The van der Waals surface area contributed by atoms with Gasteiger partial charge in [-0.05, 0) is 13.1 Å². The third kappa shape index (κ3) is 2.68. The Kier molecular flexibility index (Phi) is 3.49. The smallest absolute Gasteiger partial charge is 0.153 e. The SMILES string of the molecule is CN(CC(N)=NO)CC1COc2ccccc21. The van der Waals surface area contributed by atoms with Gasteiger partial charge < -0.3 is 15.7 Å². The van der Waals surface area contributed by atoms with Crippen molar-refractivity contribution in [2.24, 2.45) is 10.9 Å². The van der Waals surface area contributed by atoms with E-state index in [4.69, 9.17) is 15.7 Å². The largest absolute Gasteiger partial charge is 0.493 e. The van der Waals surface area contributed by atoms with Crippen molar-refractivity contribution in [2.75, 3.05) is 26.7 Å². The molecule has 1 aliphatic rings. The van der Waals surface area contributed by atoms with E-state index in [0.717, 1.165) is 12.3 Å². The van der Waals surface area contributed by atoms with Crippen LogP contribution >= 0.6 is 0 Å². The van der Waals surface area contributed by atoms with E-state index in [0.29, 0.717) is 19.1 Å². The molecule has 3 N–H and O–H groups in total. The maximum absolute atomic E-state index is 8.51. The summed E-state index contributed by atoms with van der Waals surface area (Å²) in [6.07, 6.45) is 0. The molecular formula is C12H17N3O2. The molecule has 0 fully saturated rings. The lowest BCUT2D eigenvalue weighted by molar-refractivity contribution is 0.278. The van der Waals surface area contributed by atoms with Crippen LogP contribution < -0.4 is 10.5 Å². The summed E-state index contributed by atoms with van der Waals surface area (Å²) in [4.78, 5) is 2.02. The van der Waals surface area contributed by atoms with Gasteiger partial charge in [-0.1, -0.05) is 23.4 Å². The number of rotatable bonds is 4. The number of hydrogen-bond acceptors (Lipinski definition) is 4. The molecule has 0 amide bonds. The number of hydrogen-bond donors (Lipinski definition) is 2. The van der Waals surface area contributed by atoms with Crippen LogP contribution in [0.3, 0.4) is 0 Å². The van der Waals surface area contributed by atoms with Crippen LogP contribution in [0.15, 0.2) is 29.4 Å². The summed E-state index contributed by atoms with van der Waals surface area (Å²) in [6.45, 7) is 1.97. The molecule has 5 nitrogen and oxygen atoms in total. The molecule has 1 aromatic rings. The second kappa shape index (κ2) is 5.05. The van der Waals surface area contributed by atoms with Gasteiger partial charge in [0.05, 0.1) is 13.2 Å². The fraction of sp³-hybridized carbons (Fsp3) is 0.417. The molecule has 0 aliphatic carbocycles. The standard InChI is InChI=1S/C12H17N3O2/c1-15(7-12(13)14-16)6-9-8-17-11-5-3-2-4-10(9)11/h2-5,9,16H,6-8H2,1H3,(H2,13,14). The third-order valence-electron chi connectivity index (χ3n) is 2.89. The number of nitrogens with two attached hydrogens (primary N) is 1. The molecule has 1 aromatic carbocycles. The van der Waals surface area contributed by atoms with Gasteiger partial charge in [-0.3, -0.25) is 4.90 Å². The van der Waals surface area contributed by atoms with Crippen LogP contribution in [0.5, 0.6) is 5.75 Å². The van der Waals surface area contributed by atoms with Crippen molar-refractivity contribution < 1.29 is 9.94 Å². The van der Waals surface area contributed by atoms with Gasteiger partial charge in [-0.2, -0.15) is 0 Å². The van der Waals surface area contributed by atoms with E-state index in [1.807, 2.05) is 30.1 Å². The molecule has 17 heavy (non-hydrogen) atoms. The van der Waals surface area contributed by atoms with Gasteiger partial charge in [0.1, 0.15) is 5.75 Å². The highest BCUT2D eigenvalue weighted by molar-refractivity contribution is 5.81. The first-order valence-electron chi connectivity index (χ1n) is 5.57. The minimum Gasteiger partial charge on any atom is -0.493 e. The van der Waals surface area contributed by atoms with Crippen LogP contribution in [0.4, 0.5) is 0 Å². The lowest BCUT2D eigenvalue weighted by Gasteiger charge is -2.19. The molecule has 0 spiro atoms. The van der Waals surface area contributed by atoms with Gasteiger partial charge in [-0.25, -0.2) is 0 Å². The highest BCUT2D eigenvalue weighted by Gasteiger charge is 2.24. The number of nitrogens with zero attached hydrogens (tertiary/aromatic N) is 2. The maximum atomic E-state index is 8.51. The van der Waals surface area contributed by atoms with Gasteiger partial charge in [0.25, 0.3) is 0 Å². The molecule has 0 saturated heterocycles. The fourth-order valence-corrected chi connectivity index (χ4v) is 2.13. The molecule has 1 atom stereocenters. The van der Waals surface area contributed by atoms with Crippen LogP contribution in [-0.2, 0) is 0 Å². The second-order valence-corrected chi connectivity index (χ2v) is 4.33. The van der Waals surface area contributed by atoms with E-state index >= 15 is 0 Å². The predicted octanol–water partition coefficient (Wildman–Crippen LogP) is 0.841. The summed E-state index contributed by atoms with van der Waals surface area (Å²) in [5.74, 6) is 1.54. The van der Waals surface area contributed by atoms with E-state index in [-0.39, 0.29) is 5.84 Å². The normalized spacial score (nSPS) is 19.2. The monoisotopic (exact) mass is 235 g/mol. The molecule has 0 bridgehead atoms. The average molecular weight is 235 g/mol. The molecule has 1 heterocycles. The first-order valence-corrected chi connectivity index (χ1v) is 5.57. The molecule has 1 unspecified atom stereocenters. The van der Waals surface area contributed by atoms with Crippen LogP contribution in [-0.4, -0.2) is 42.7 Å². The lowest BCUT2D eigenvalue weighted by Crippen LogP contribution is -2.34. The van der Waals surface area contributed by atoms with E-state index in [1.165, 1.54) is 5.56 Å². The first-order chi connectivity index (χ1) is 8.20. The molecule has 0 aromatic heterocycles. The molecule has 0 saturated carbocycles. The number of ether oxygens (including phenoxy) is 1. The van der Waals surface area contributed by atoms with Gasteiger partial charge in [0.2, 0.25) is 0 Å². The van der Waals surface area contributed by atoms with Crippen molar-refractivity contribution in [1.82, 2.24) is 4.90 Å². The Balaban J connectivity index is 1.97. The van der Waals surface area contributed by atoms with Crippen LogP contribution in [0.1, 0.15) is 11.5 Å². The Hall–Kier alpha value is -1.75. The van der Waals surface area contributed by atoms with E-state index < -0.39 is 0 Å². The van der Waals surface area contributed by atoms with Crippen molar-refractivity contribution >= 4 is 5.84 Å². The zero-order chi connectivity index (χ0) is 12.3. The van der Waals surface area contributed by atoms with Crippen LogP contribution in [0.25, 0.3) is 0 Å². The number of benzene rings is 1. The minimum atomic E-state index is 0.222. The fourth-order valence-electron chi connectivity index (χ4n) is 2.13. The van der Waals surface area contributed by atoms with E-state index in [1.54, 1.807) is 0 Å². The van der Waals surface area contributed by atoms with E-state index in [9.17, 15) is 0 Å². The van der Waals surface area contributed by atoms with Crippen molar-refractivity contribution in [3.63, 3.8) is 0 Å². The topological polar surface area (TPSA) is 71.1 Å². The van der Waals surface area contributed by atoms with Gasteiger partial charge >= 0.3 is 0 Å². The molecule has 0 radical (unpaired) electrons. The number of fused-ring (bicyclic) bond motifs is 1. The highest BCUT2D eigenvalue weighted by atomic mass is 16.5. The summed E-state index contributed by atoms with van der Waals surface area (Å²) in [5.41, 5.74) is 6.70. The van der Waals surface area contributed by atoms with Crippen molar-refractivity contribution in [3.8, 4) is 5.75 Å². The predicted molar refractivity (Wildman–Crippen MR) is 65.6 cm³/mol. The number of para-hydroxylation sites is 1. The van der Waals surface area contributed by atoms with E-state index in [2.05, 4.69) is 11.2 Å². The third-order valence-corrected chi connectivity index (χ3v) is 2.89. The van der Waals surface area contributed by atoms with Crippen LogP contribution in [0.2, 0.25) is 0 Å². The number of likely N-dealkylation sites (N-methyl/N-ethyl adjacent to an activating group) is 1. The molecular weight excluding hydrogens is 218 g/mol. The summed E-state index contributed by atoms with van der Waals surface area (Å²) >= 11 is 0. The molecule has 5 heteroatoms. The number of oxime groups is 1. The van der Waals surface area contributed by atoms with Gasteiger partial charge in [0, 0.05) is 18.0 Å². The number of amidine groups is 1. The summed E-state index contributed by atoms with van der Waals surface area (Å²) in [6, 6.07) is 8.06. The summed E-state index contributed by atoms with van der Waals surface area (Å²) < 4.78 is 5.61. The molecule has 1 aliphatic heterocycles. The minimum absolute atomic E-state index is 0.222. The summed E-state index contributed by atoms with van der Waals surface area (Å²) in [7, 11) is 1.94. The van der Waals surface area contributed by atoms with Crippen molar-refractivity contribution in [2.45, 2.75) is 5.92 Å². The Morgan fingerprint density at radius 3 is 3.12 bits per heavy atom. The van der Waals surface area contributed by atoms with Crippen molar-refractivity contribution in [3.05, 3.63) is 29.8 Å². The Morgan fingerprint density at radius 2 is 2.35 bits per heavy atom. The quantitative estimate of drug-likeness (QED) is 0.351. The second-order valence-electron chi connectivity index (χ2n) is 4.33. The Bertz CT molecular complexity index is 420. The van der Waals surface area contributed by atoms with Crippen molar-refractivity contribution in [1.29, 1.82) is 0 Å². The van der Waals surface area contributed by atoms with Crippen LogP contribution in [0, 0.1) is 0 Å². The zero-order valence-electron chi connectivity index (χ0n) is 9.84. The average Bonchev–Trinajstić information content (AvgIpc) is 2.72. The van der Waals surface area contributed by atoms with Gasteiger partial charge in [-0.15, -0.1) is 0 Å². The molecule has 92 valence electrons. The lowest BCUT2D eigenvalue weighted by atomic mass is 10.0. The highest BCUT2D eigenvalue weighted by Crippen LogP contribution is 2.33. The van der Waals surface area contributed by atoms with Gasteiger partial charge in [0.15, 0.2) is 5.84 Å². The molecule has 2 rings (SSSR count). The maximum Gasteiger partial charge on any atom is 0.153 e. The Labute approximate surface area is 100 Å². The Morgan fingerprint density at radius 1 is 1.59 bits per heavy atom. The summed E-state index contributed by atoms with van der Waals surface area (Å²) in [5, 5.41) is 11.5. The zero-order valence-corrected chi connectivity index (χ0v) is 9.84.